The molecular weight excluding hydrogens is 399 g/mol. The van der Waals surface area contributed by atoms with Gasteiger partial charge in [-0.2, -0.15) is 0 Å². The van der Waals surface area contributed by atoms with Crippen LogP contribution in [-0.2, 0) is 0 Å². The van der Waals surface area contributed by atoms with Crippen molar-refractivity contribution in [2.45, 2.75) is 39.5 Å². The van der Waals surface area contributed by atoms with Crippen LogP contribution in [0.1, 0.15) is 37.1 Å². The summed E-state index contributed by atoms with van der Waals surface area (Å²) in [6.07, 6.45) is 9.19. The first-order valence-electron chi connectivity index (χ1n) is 10.5. The van der Waals surface area contributed by atoms with E-state index in [0.717, 1.165) is 24.1 Å². The van der Waals surface area contributed by atoms with E-state index in [2.05, 4.69) is 33.4 Å². The summed E-state index contributed by atoms with van der Waals surface area (Å²) >= 11 is 0. The smallest absolute Gasteiger partial charge is 0.507 e. The summed E-state index contributed by atoms with van der Waals surface area (Å²) in [5.41, 5.74) is 6.09. The molecule has 1 saturated heterocycles. The molecule has 3 heterocycles. The Bertz CT molecular complexity index is 1230. The second kappa shape index (κ2) is 9.15. The zero-order chi connectivity index (χ0) is 20.7. The monoisotopic (exact) mass is 424 g/mol. The first-order chi connectivity index (χ1) is 14.6. The van der Waals surface area contributed by atoms with Gasteiger partial charge < -0.3 is 20.8 Å². The molecule has 2 fully saturated rings. The molecule has 2 aromatic carbocycles. The van der Waals surface area contributed by atoms with Crippen LogP contribution in [0.5, 0.6) is 5.75 Å². The standard InChI is InChI=1S/C21H20N4O2.C3H5.Na/c1-12-20-19(27-13(2)23-20)10-15(21(12)26)18-11-22-17-9-14(5-6-16(17)24-18)25-7-3-4-8-25;1-2-3-1;/h5-6,9-11,26H,3-4,7-8H2,1-2H3;1H,2-3H2;/q;-1;+1. The van der Waals surface area contributed by atoms with Gasteiger partial charge in [0.05, 0.1) is 22.9 Å². The van der Waals surface area contributed by atoms with E-state index in [1.54, 1.807) is 19.2 Å². The van der Waals surface area contributed by atoms with Crippen molar-refractivity contribution in [2.75, 3.05) is 18.0 Å². The topological polar surface area (TPSA) is 75.3 Å². The third-order valence-electron chi connectivity index (χ3n) is 5.56. The molecule has 0 amide bonds. The predicted molar refractivity (Wildman–Crippen MR) is 119 cm³/mol. The van der Waals surface area contributed by atoms with Gasteiger partial charge in [-0.15, -0.1) is 0 Å². The first kappa shape index (κ1) is 22.1. The summed E-state index contributed by atoms with van der Waals surface area (Å²) in [5, 5.41) is 10.7. The maximum Gasteiger partial charge on any atom is 1.00 e. The van der Waals surface area contributed by atoms with Crippen molar-refractivity contribution in [3.05, 3.63) is 48.3 Å². The normalized spacial score (nSPS) is 15.0. The van der Waals surface area contributed by atoms with Crippen molar-refractivity contribution in [3.63, 3.8) is 0 Å². The van der Waals surface area contributed by atoms with Crippen molar-refractivity contribution in [2.24, 2.45) is 0 Å². The molecule has 6 rings (SSSR count). The van der Waals surface area contributed by atoms with Crippen LogP contribution in [0.15, 0.2) is 34.9 Å². The van der Waals surface area contributed by atoms with Crippen LogP contribution in [0.2, 0.25) is 0 Å². The molecule has 4 aromatic rings. The van der Waals surface area contributed by atoms with Gasteiger partial charge in [0, 0.05) is 36.8 Å². The van der Waals surface area contributed by atoms with E-state index in [1.165, 1.54) is 31.4 Å². The Morgan fingerprint density at radius 1 is 1.03 bits per heavy atom. The Labute approximate surface area is 204 Å². The number of hydrogen-bond donors (Lipinski definition) is 1. The van der Waals surface area contributed by atoms with E-state index < -0.39 is 0 Å². The van der Waals surface area contributed by atoms with E-state index in [9.17, 15) is 5.11 Å². The van der Waals surface area contributed by atoms with Crippen molar-refractivity contribution < 1.29 is 39.1 Å². The number of hydrogen-bond acceptors (Lipinski definition) is 6. The van der Waals surface area contributed by atoms with Crippen LogP contribution >= 0.6 is 0 Å². The van der Waals surface area contributed by atoms with E-state index in [-0.39, 0.29) is 35.3 Å². The van der Waals surface area contributed by atoms with Crippen molar-refractivity contribution in [1.29, 1.82) is 0 Å². The first-order valence-corrected chi connectivity index (χ1v) is 10.5. The number of phenols is 1. The van der Waals surface area contributed by atoms with E-state index >= 15 is 0 Å². The van der Waals surface area contributed by atoms with Crippen LogP contribution < -0.4 is 34.5 Å². The van der Waals surface area contributed by atoms with Crippen LogP contribution in [0, 0.1) is 20.3 Å². The number of fused-ring (bicyclic) bond motifs is 2. The molecule has 154 valence electrons. The Balaban J connectivity index is 0.000000534. The molecule has 0 unspecified atom stereocenters. The number of aromatic hydroxyl groups is 1. The summed E-state index contributed by atoms with van der Waals surface area (Å²) in [6.45, 7) is 5.82. The van der Waals surface area contributed by atoms with Gasteiger partial charge in [0.25, 0.3) is 0 Å². The largest absolute Gasteiger partial charge is 1.00 e. The zero-order valence-electron chi connectivity index (χ0n) is 18.4. The predicted octanol–water partition coefficient (Wildman–Crippen LogP) is 2.35. The second-order valence-electron chi connectivity index (χ2n) is 7.97. The van der Waals surface area contributed by atoms with Crippen LogP contribution in [0.3, 0.4) is 0 Å². The molecule has 1 N–H and O–H groups in total. The summed E-state index contributed by atoms with van der Waals surface area (Å²) in [5.74, 6) is 0.738. The SMILES string of the molecule is Cc1nc2c(C)c(O)c(-c3cnc4cc(N5CCCC5)ccc4n3)cc2o1.[CH-]1CC1.[Na+]. The molecule has 31 heavy (non-hydrogen) atoms. The minimum atomic E-state index is 0. The molecular formula is C24H25N4NaO2. The molecule has 0 radical (unpaired) electrons. The summed E-state index contributed by atoms with van der Waals surface area (Å²) in [4.78, 5) is 16.0. The fraction of sp³-hybridized carbons (Fsp3) is 0.333. The third kappa shape index (κ3) is 4.56. The van der Waals surface area contributed by atoms with Crippen LogP contribution in [-0.4, -0.2) is 33.1 Å². The van der Waals surface area contributed by atoms with E-state index in [0.29, 0.717) is 33.8 Å². The van der Waals surface area contributed by atoms with Gasteiger partial charge in [0.15, 0.2) is 11.5 Å². The Morgan fingerprint density at radius 3 is 2.48 bits per heavy atom. The minimum Gasteiger partial charge on any atom is -0.507 e. The maximum atomic E-state index is 10.7. The molecule has 1 aliphatic carbocycles. The molecule has 2 aliphatic rings. The number of oxazole rings is 1. The second-order valence-corrected chi connectivity index (χ2v) is 7.97. The van der Waals surface area contributed by atoms with Gasteiger partial charge in [0.2, 0.25) is 0 Å². The van der Waals surface area contributed by atoms with E-state index in [4.69, 9.17) is 9.40 Å². The summed E-state index contributed by atoms with van der Waals surface area (Å²) in [6, 6.07) is 7.97. The summed E-state index contributed by atoms with van der Waals surface area (Å²) in [7, 11) is 0. The molecule has 0 atom stereocenters. The van der Waals surface area contributed by atoms with Crippen molar-refractivity contribution in [1.82, 2.24) is 15.0 Å². The molecule has 0 spiro atoms. The fourth-order valence-corrected chi connectivity index (χ4v) is 3.82. The van der Waals surface area contributed by atoms with Gasteiger partial charge in [-0.25, -0.2) is 22.8 Å². The molecule has 6 nitrogen and oxygen atoms in total. The van der Waals surface area contributed by atoms with Crippen LogP contribution in [0.4, 0.5) is 5.69 Å². The number of benzene rings is 2. The number of nitrogens with zero attached hydrogens (tertiary/aromatic N) is 4. The zero-order valence-corrected chi connectivity index (χ0v) is 20.4. The van der Waals surface area contributed by atoms with Gasteiger partial charge in [-0.1, -0.05) is 0 Å². The number of aromatic nitrogens is 3. The average molecular weight is 424 g/mol. The van der Waals surface area contributed by atoms with Crippen LogP contribution in [0.25, 0.3) is 33.4 Å². The van der Waals surface area contributed by atoms with Crippen molar-refractivity contribution in [3.8, 4) is 17.0 Å². The third-order valence-corrected chi connectivity index (χ3v) is 5.56. The quantitative estimate of drug-likeness (QED) is 0.393. The Kier molecular flexibility index (Phi) is 6.51. The minimum absolute atomic E-state index is 0. The van der Waals surface area contributed by atoms with Gasteiger partial charge in [0.1, 0.15) is 11.3 Å². The molecule has 0 bridgehead atoms. The average Bonchev–Trinajstić information content (AvgIpc) is 3.44. The number of anilines is 1. The molecule has 1 aliphatic heterocycles. The van der Waals surface area contributed by atoms with E-state index in [1.807, 2.05) is 13.0 Å². The number of phenolic OH excluding ortho intramolecular Hbond substituents is 1. The summed E-state index contributed by atoms with van der Waals surface area (Å²) < 4.78 is 5.65. The number of rotatable bonds is 2. The molecule has 2 aromatic heterocycles. The van der Waals surface area contributed by atoms with Gasteiger partial charge >= 0.3 is 29.6 Å². The Hall–Kier alpha value is -2.15. The van der Waals surface area contributed by atoms with Gasteiger partial charge in [-0.3, -0.25) is 4.98 Å². The molecule has 1 saturated carbocycles. The molecule has 7 heteroatoms. The van der Waals surface area contributed by atoms with Crippen molar-refractivity contribution >= 4 is 27.8 Å². The van der Waals surface area contributed by atoms with Gasteiger partial charge in [-0.05, 0) is 44.0 Å². The maximum absolute atomic E-state index is 10.7. The fourth-order valence-electron chi connectivity index (χ4n) is 3.82. The number of aryl methyl sites for hydroxylation is 2. The Morgan fingerprint density at radius 2 is 1.77 bits per heavy atom.